The van der Waals surface area contributed by atoms with Gasteiger partial charge in [0.1, 0.15) is 4.90 Å². The molecule has 0 radical (unpaired) electrons. The number of rotatable bonds is 2. The highest BCUT2D eigenvalue weighted by Gasteiger charge is 2.26. The van der Waals surface area contributed by atoms with Crippen molar-refractivity contribution in [2.24, 2.45) is 9.50 Å². The van der Waals surface area contributed by atoms with Gasteiger partial charge in [0.15, 0.2) is 9.92 Å². The van der Waals surface area contributed by atoms with Gasteiger partial charge in [0.2, 0.25) is 5.88 Å². The Balaban J connectivity index is 1.46. The Bertz CT molecular complexity index is 1100. The average molecular weight is 401 g/mol. The van der Waals surface area contributed by atoms with Gasteiger partial charge in [-0.2, -0.15) is 5.10 Å². The van der Waals surface area contributed by atoms with Crippen LogP contribution in [0, 0.1) is 0 Å². The van der Waals surface area contributed by atoms with E-state index in [-0.39, 0.29) is 4.90 Å². The Morgan fingerprint density at radius 1 is 1.18 bits per heavy atom. The summed E-state index contributed by atoms with van der Waals surface area (Å²) in [4.78, 5) is 12.8. The van der Waals surface area contributed by atoms with Gasteiger partial charge in [0.05, 0.1) is 12.8 Å². The number of nitrogens with zero attached hydrogens (tertiary/aromatic N) is 3. The van der Waals surface area contributed by atoms with E-state index >= 15 is 0 Å². The van der Waals surface area contributed by atoms with Crippen LogP contribution in [0.3, 0.4) is 0 Å². The van der Waals surface area contributed by atoms with E-state index in [0.717, 1.165) is 50.6 Å². The number of amides is 2. The summed E-state index contributed by atoms with van der Waals surface area (Å²) in [6, 6.07) is 1.36. The van der Waals surface area contributed by atoms with Gasteiger partial charge in [-0.1, -0.05) is 0 Å². The van der Waals surface area contributed by atoms with E-state index < -0.39 is 15.9 Å². The van der Waals surface area contributed by atoms with Gasteiger partial charge in [-0.05, 0) is 66.8 Å². The molecule has 0 fully saturated rings. The zero-order chi connectivity index (χ0) is 19.3. The maximum Gasteiger partial charge on any atom is 0.354 e. The van der Waals surface area contributed by atoms with Crippen molar-refractivity contribution < 1.29 is 13.7 Å². The molecule has 0 saturated carbocycles. The number of anilines is 1. The summed E-state index contributed by atoms with van der Waals surface area (Å²) in [6.07, 6.45) is 8.63. The Hall–Kier alpha value is -2.39. The van der Waals surface area contributed by atoms with Crippen molar-refractivity contribution in [3.05, 3.63) is 34.5 Å². The Morgan fingerprint density at radius 2 is 1.96 bits per heavy atom. The predicted octanol–water partition coefficient (Wildman–Crippen LogP) is 2.58. The molecule has 0 spiro atoms. The van der Waals surface area contributed by atoms with Crippen molar-refractivity contribution in [2.75, 3.05) is 11.9 Å². The minimum atomic E-state index is -3.45. The number of aromatic nitrogens is 2. The summed E-state index contributed by atoms with van der Waals surface area (Å²) in [5.74, 6) is 0.341. The molecule has 2 heterocycles. The summed E-state index contributed by atoms with van der Waals surface area (Å²) in [5, 5.41) is 12.9. The number of nitrogens with two attached hydrogens (primary N) is 1. The average Bonchev–Trinajstić information content (AvgIpc) is 3.39. The van der Waals surface area contributed by atoms with E-state index in [0.29, 0.717) is 19.0 Å². The van der Waals surface area contributed by atoms with Crippen LogP contribution in [0.2, 0.25) is 0 Å². The van der Waals surface area contributed by atoms with Crippen molar-refractivity contribution in [3.63, 3.8) is 0 Å². The van der Waals surface area contributed by atoms with E-state index in [4.69, 9.17) is 9.88 Å². The lowest BCUT2D eigenvalue weighted by Gasteiger charge is -2.16. The Morgan fingerprint density at radius 3 is 2.86 bits per heavy atom. The molecule has 2 amide bonds. The quantitative estimate of drug-likeness (QED) is 0.805. The maximum atomic E-state index is 13.0. The second-order valence-electron chi connectivity index (χ2n) is 7.56. The molecular weight excluding hydrogens is 378 g/mol. The molecule has 0 saturated heterocycles. The summed E-state index contributed by atoms with van der Waals surface area (Å²) in [6.45, 7) is 1.17. The Labute approximate surface area is 163 Å². The molecule has 2 aromatic rings. The van der Waals surface area contributed by atoms with Gasteiger partial charge in [-0.3, -0.25) is 0 Å². The summed E-state index contributed by atoms with van der Waals surface area (Å²) < 4.78 is 23.9. The van der Waals surface area contributed by atoms with Gasteiger partial charge in [-0.15, -0.1) is 4.36 Å². The topological polar surface area (TPSA) is 112 Å². The summed E-state index contributed by atoms with van der Waals surface area (Å²) >= 11 is 0. The molecule has 3 N–H and O–H groups in total. The molecule has 0 bridgehead atoms. The van der Waals surface area contributed by atoms with E-state index in [9.17, 15) is 9.00 Å². The number of ether oxygens (including phenoxy) is 1. The first-order chi connectivity index (χ1) is 13.5. The van der Waals surface area contributed by atoms with Gasteiger partial charge in [-0.25, -0.2) is 18.8 Å². The molecule has 2 aliphatic carbocycles. The standard InChI is InChI=1S/C19H23N5O3S/c20-28(26,17-11-21-24-8-3-9-27-18(17)24)23-19(25)22-16-10-12-4-1-5-13(12)14-6-2-7-15(14)16/h10-11H,1-9H2,(H3,20,22,23,25,26). The number of hydrogen-bond acceptors (Lipinski definition) is 4. The largest absolute Gasteiger partial charge is 0.477 e. The zero-order valence-electron chi connectivity index (χ0n) is 15.6. The van der Waals surface area contributed by atoms with Gasteiger partial charge < -0.3 is 10.1 Å². The molecule has 9 heteroatoms. The number of nitrogens with one attached hydrogen (secondary N) is 1. The van der Waals surface area contributed by atoms with Gasteiger partial charge in [0, 0.05) is 18.7 Å². The number of fused-ring (bicyclic) bond motifs is 4. The molecule has 28 heavy (non-hydrogen) atoms. The number of aryl methyl sites for hydroxylation is 2. The third kappa shape index (κ3) is 2.89. The lowest BCUT2D eigenvalue weighted by atomic mass is 9.98. The third-order valence-corrected chi connectivity index (χ3v) is 7.12. The molecule has 1 aromatic carbocycles. The van der Waals surface area contributed by atoms with Crippen LogP contribution < -0.4 is 15.2 Å². The van der Waals surface area contributed by atoms with E-state index in [1.54, 1.807) is 4.68 Å². The summed E-state index contributed by atoms with van der Waals surface area (Å²) in [7, 11) is -3.45. The maximum absolute atomic E-state index is 13.0. The molecule has 8 nitrogen and oxygen atoms in total. The molecule has 3 aliphatic rings. The van der Waals surface area contributed by atoms with Crippen LogP contribution >= 0.6 is 0 Å². The third-order valence-electron chi connectivity index (χ3n) is 5.77. The lowest BCUT2D eigenvalue weighted by Crippen LogP contribution is -2.21. The first kappa shape index (κ1) is 17.7. The van der Waals surface area contributed by atoms with E-state index in [1.807, 2.05) is 0 Å². The van der Waals surface area contributed by atoms with Crippen molar-refractivity contribution in [3.8, 4) is 5.88 Å². The second kappa shape index (κ2) is 6.59. The fraction of sp³-hybridized carbons (Fsp3) is 0.474. The zero-order valence-corrected chi connectivity index (χ0v) is 16.4. The SMILES string of the molecule is NS(=O)(=NC(=O)Nc1cc2c(c3c1CCC3)CCC2)c1cnn2c1OCCC2. The molecule has 1 atom stereocenters. The Kier molecular flexibility index (Phi) is 4.17. The van der Waals surface area contributed by atoms with Crippen LogP contribution in [0.4, 0.5) is 10.5 Å². The van der Waals surface area contributed by atoms with Crippen LogP contribution in [0.5, 0.6) is 5.88 Å². The smallest absolute Gasteiger partial charge is 0.354 e. The first-order valence-corrected chi connectivity index (χ1v) is 11.3. The molecule has 1 aliphatic heterocycles. The number of urea groups is 1. The highest BCUT2D eigenvalue weighted by atomic mass is 32.2. The first-order valence-electron chi connectivity index (χ1n) is 9.74. The number of carbonyl (C=O) groups is 1. The predicted molar refractivity (Wildman–Crippen MR) is 105 cm³/mol. The van der Waals surface area contributed by atoms with Crippen molar-refractivity contribution in [1.29, 1.82) is 0 Å². The van der Waals surface area contributed by atoms with Gasteiger partial charge >= 0.3 is 6.03 Å². The normalized spacial score (nSPS) is 19.2. The number of carbonyl (C=O) groups excluding carboxylic acids is 1. The van der Waals surface area contributed by atoms with Gasteiger partial charge in [0.25, 0.3) is 0 Å². The number of hydrogen-bond donors (Lipinski definition) is 2. The summed E-state index contributed by atoms with van der Waals surface area (Å²) in [5.41, 5.74) is 6.14. The fourth-order valence-corrected chi connectivity index (χ4v) is 5.58. The second-order valence-corrected chi connectivity index (χ2v) is 9.31. The van der Waals surface area contributed by atoms with Crippen molar-refractivity contribution in [2.45, 2.75) is 56.4 Å². The van der Waals surface area contributed by atoms with Crippen LogP contribution in [0.25, 0.3) is 0 Å². The molecule has 1 unspecified atom stereocenters. The number of benzene rings is 1. The molecule has 5 rings (SSSR count). The van der Waals surface area contributed by atoms with E-state index in [1.165, 1.54) is 28.5 Å². The minimum Gasteiger partial charge on any atom is -0.477 e. The highest BCUT2D eigenvalue weighted by molar-refractivity contribution is 7.91. The monoisotopic (exact) mass is 401 g/mol. The minimum absolute atomic E-state index is 0.168. The van der Waals surface area contributed by atoms with Crippen molar-refractivity contribution in [1.82, 2.24) is 9.78 Å². The van der Waals surface area contributed by atoms with Crippen LogP contribution in [-0.2, 0) is 42.1 Å². The highest BCUT2D eigenvalue weighted by Crippen LogP contribution is 2.38. The molecule has 148 valence electrons. The van der Waals surface area contributed by atoms with E-state index in [2.05, 4.69) is 20.8 Å². The van der Waals surface area contributed by atoms with Crippen LogP contribution in [0.15, 0.2) is 21.5 Å². The fourth-order valence-electron chi connectivity index (χ4n) is 4.57. The molecular formula is C19H23N5O3S. The molecule has 1 aromatic heterocycles. The van der Waals surface area contributed by atoms with Crippen molar-refractivity contribution >= 4 is 21.6 Å². The van der Waals surface area contributed by atoms with Crippen LogP contribution in [-0.4, -0.2) is 26.6 Å². The van der Waals surface area contributed by atoms with Crippen LogP contribution in [0.1, 0.15) is 41.5 Å². The lowest BCUT2D eigenvalue weighted by molar-refractivity contribution is 0.224.